The Labute approximate surface area is 383 Å². The summed E-state index contributed by atoms with van der Waals surface area (Å²) in [6.07, 6.45) is 0. The molecule has 23 nitrogen and oxygen atoms in total. The van der Waals surface area contributed by atoms with E-state index in [1.807, 2.05) is 0 Å². The smallest absolute Gasteiger partial charge is 0.296 e. The van der Waals surface area contributed by atoms with Crippen LogP contribution in [0.25, 0.3) is 44.8 Å². The van der Waals surface area contributed by atoms with Crippen molar-refractivity contribution in [1.29, 1.82) is 0 Å². The molecule has 68 heavy (non-hydrogen) atoms. The first-order valence-corrected chi connectivity index (χ1v) is 24.6. The van der Waals surface area contributed by atoms with E-state index in [-0.39, 0.29) is 11.1 Å². The highest BCUT2D eigenvalue weighted by atomic mass is 32.2. The number of nitrogens with one attached hydrogen (secondary N) is 3. The summed E-state index contributed by atoms with van der Waals surface area (Å²) in [5.74, 6) is -0.675. The zero-order valence-corrected chi connectivity index (χ0v) is 37.1. The summed E-state index contributed by atoms with van der Waals surface area (Å²) in [5, 5.41) is 35.2. The number of H-pyrrole nitrogens is 2. The van der Waals surface area contributed by atoms with E-state index in [9.17, 15) is 67.2 Å². The summed E-state index contributed by atoms with van der Waals surface area (Å²) in [5.41, 5.74) is 2.67. The van der Waals surface area contributed by atoms with Gasteiger partial charge in [0, 0.05) is 27.9 Å². The van der Waals surface area contributed by atoms with Crippen molar-refractivity contribution in [3.8, 4) is 22.8 Å². The molecule has 0 unspecified atom stereocenters. The predicted molar refractivity (Wildman–Crippen MR) is 246 cm³/mol. The van der Waals surface area contributed by atoms with E-state index in [1.54, 1.807) is 48.5 Å². The minimum atomic E-state index is -5.05. The van der Waals surface area contributed by atoms with Crippen LogP contribution in [-0.4, -0.2) is 105 Å². The van der Waals surface area contributed by atoms with Crippen molar-refractivity contribution >= 4 is 103 Å². The Morgan fingerprint density at radius 2 is 0.941 bits per heavy atom. The highest BCUT2D eigenvalue weighted by molar-refractivity contribution is 7.87. The summed E-state index contributed by atoms with van der Waals surface area (Å²) >= 11 is 0. The Morgan fingerprint density at radius 3 is 1.40 bits per heavy atom. The van der Waals surface area contributed by atoms with Crippen LogP contribution in [-0.2, 0) is 40.5 Å². The van der Waals surface area contributed by atoms with Crippen LogP contribution >= 0.6 is 0 Å². The van der Waals surface area contributed by atoms with Crippen molar-refractivity contribution in [1.82, 2.24) is 19.9 Å². The van der Waals surface area contributed by atoms with E-state index in [2.05, 4.69) is 40.2 Å². The van der Waals surface area contributed by atoms with Gasteiger partial charge in [0.2, 0.25) is 11.8 Å². The molecule has 0 fully saturated rings. The highest BCUT2D eigenvalue weighted by Gasteiger charge is 2.23. The maximum Gasteiger partial charge on any atom is 0.296 e. The van der Waals surface area contributed by atoms with Crippen molar-refractivity contribution in [2.45, 2.75) is 19.6 Å². The quantitative estimate of drug-likeness (QED) is 0.0346. The average molecular weight is 1000 g/mol. The normalized spacial score (nSPS) is 13.3. The molecule has 0 aliphatic carbocycles. The number of aliphatic hydroxyl groups excluding tert-OH is 3. The topological polar surface area (TPSA) is 385 Å². The molecule has 0 aliphatic heterocycles. The molecule has 0 radical (unpaired) electrons. The second kappa shape index (κ2) is 17.4. The third kappa shape index (κ3) is 10.2. The first-order chi connectivity index (χ1) is 31.9. The molecule has 0 bridgehead atoms. The van der Waals surface area contributed by atoms with E-state index >= 15 is 0 Å². The van der Waals surface area contributed by atoms with Gasteiger partial charge in [-0.05, 0) is 97.1 Å². The lowest BCUT2D eigenvalue weighted by Crippen LogP contribution is -2.10. The van der Waals surface area contributed by atoms with Crippen LogP contribution in [0, 0.1) is 0 Å². The second-order valence-electron chi connectivity index (χ2n) is 14.4. The molecule has 8 aromatic rings. The van der Waals surface area contributed by atoms with Crippen LogP contribution in [0.5, 0.6) is 0 Å². The number of fused-ring (bicyclic) bond motifs is 2. The molecule has 2 heterocycles. The molecule has 0 aliphatic rings. The van der Waals surface area contributed by atoms with Crippen LogP contribution in [0.15, 0.2) is 156 Å². The number of anilines is 1. The number of aromatic nitrogens is 4. The number of benzene rings is 6. The lowest BCUT2D eigenvalue weighted by molar-refractivity contribution is 0.476. The molecule has 348 valence electrons. The van der Waals surface area contributed by atoms with Crippen molar-refractivity contribution in [3.63, 3.8) is 0 Å². The third-order valence-electron chi connectivity index (χ3n) is 9.69. The number of imidazole rings is 2. The zero-order valence-electron chi connectivity index (χ0n) is 33.8. The summed E-state index contributed by atoms with van der Waals surface area (Å²) in [4.78, 5) is 23.7. The van der Waals surface area contributed by atoms with Crippen LogP contribution < -0.4 is 5.32 Å². The summed E-state index contributed by atoms with van der Waals surface area (Å²) in [7, 11) is -19.8. The second-order valence-corrected chi connectivity index (χ2v) is 20.0. The van der Waals surface area contributed by atoms with Gasteiger partial charge in [-0.2, -0.15) is 38.7 Å². The average Bonchev–Trinajstić information content (AvgIpc) is 3.90. The Bertz CT molecular complexity index is 3940. The van der Waals surface area contributed by atoms with Gasteiger partial charge in [-0.1, -0.05) is 24.3 Å². The Balaban J connectivity index is 0.988. The monoisotopic (exact) mass is 1000 g/mol. The number of aromatic amines is 2. The highest BCUT2D eigenvalue weighted by Crippen LogP contribution is 2.31. The molecule has 27 heteroatoms. The first kappa shape index (κ1) is 46.6. The molecule has 8 rings (SSSR count). The van der Waals surface area contributed by atoms with Gasteiger partial charge in [-0.25, -0.2) is 20.0 Å². The van der Waals surface area contributed by atoms with Crippen LogP contribution in [0.1, 0.15) is 11.1 Å². The van der Waals surface area contributed by atoms with Crippen LogP contribution in [0.3, 0.4) is 0 Å². The van der Waals surface area contributed by atoms with Crippen LogP contribution in [0.2, 0.25) is 0 Å². The van der Waals surface area contributed by atoms with E-state index in [0.717, 1.165) is 24.3 Å². The van der Waals surface area contributed by atoms with Gasteiger partial charge in [0.05, 0.1) is 48.9 Å². The molecule has 2 aromatic heterocycles. The molecule has 10 N–H and O–H groups in total. The minimum absolute atomic E-state index is 0.0798. The Morgan fingerprint density at radius 1 is 0.485 bits per heavy atom. The fourth-order valence-corrected chi connectivity index (χ4v) is 9.05. The van der Waals surface area contributed by atoms with Gasteiger partial charge in [0.1, 0.15) is 21.4 Å². The zero-order chi connectivity index (χ0) is 48.9. The number of rotatable bonds is 12. The Hall–Kier alpha value is -7.89. The van der Waals surface area contributed by atoms with Crippen LogP contribution in [0.4, 0.5) is 22.7 Å². The van der Waals surface area contributed by atoms with E-state index in [1.165, 1.54) is 36.4 Å². The molecular weight excluding hydrogens is 973 g/mol. The largest absolute Gasteiger partial charge is 0.493 e. The molecule has 0 atom stereocenters. The van der Waals surface area contributed by atoms with Gasteiger partial charge in [0.25, 0.3) is 46.5 Å². The number of aliphatic hydroxyl groups is 3. The molecule has 0 saturated carbocycles. The summed E-state index contributed by atoms with van der Waals surface area (Å²) in [6, 6.07) is 26.1. The number of amidine groups is 1. The number of nitrogens with zero attached hydrogens (tertiary/aromatic N) is 5. The maximum atomic E-state index is 12.0. The van der Waals surface area contributed by atoms with Gasteiger partial charge in [-0.15, -0.1) is 0 Å². The lowest BCUT2D eigenvalue weighted by atomic mass is 10.2. The molecule has 0 amide bonds. The van der Waals surface area contributed by atoms with Gasteiger partial charge < -0.3 is 30.6 Å². The fourth-order valence-electron chi connectivity index (χ4n) is 6.58. The number of hydrogen-bond donors (Lipinski definition) is 10. The summed E-state index contributed by atoms with van der Waals surface area (Å²) < 4.78 is 132. The Kier molecular flexibility index (Phi) is 11.9. The molecule has 0 spiro atoms. The van der Waals surface area contributed by atoms with Gasteiger partial charge >= 0.3 is 0 Å². The number of aliphatic imine (C=N–C) groups is 3. The fraction of sp³-hybridized carbons (Fsp3) is 0. The van der Waals surface area contributed by atoms with E-state index in [0.29, 0.717) is 68.4 Å². The first-order valence-electron chi connectivity index (χ1n) is 18.9. The lowest BCUT2D eigenvalue weighted by Gasteiger charge is -2.06. The molecule has 0 saturated heterocycles. The van der Waals surface area contributed by atoms with Crippen molar-refractivity contribution in [2.24, 2.45) is 15.0 Å². The standard InChI is InChI=1S/C41H30N8O15S4/c50-39(48-31-13-9-27(65(53,54)55)19-35(31)67(59,60)61)23-7-11-29-33(17-23)46-37(44-29)21-3-1-5-25(15-21)42-41(52)43-26-6-2-4-22(16-26)38-45-30-12-8-24(18-34(30)47-38)40(51)49-32-14-10-28(66(56,57)58)20-36(32)68(62,63)64/h1-20H,(H,44,46)(H,45,47)(H,48,50)(H,49,51)(H2,42,43,52)(H,53,54,55)(H,56,57,58)(H,59,60,61)(H,62,63,64). The predicted octanol–water partition coefficient (Wildman–Crippen LogP) is 6.69. The SMILES string of the molecule is O=S(=O)(O)c1ccc(N=C(O)c2ccc3nc(-c4cccc(N=C(O)Nc5cccc(-c6nc7ccc(C(O)=Nc8ccc(S(=O)(=O)O)cc8S(=O)(=O)O)cc7[nH]6)c5)c4)[nH]c3c2)c(S(=O)(=O)O)c1. The molecule has 6 aromatic carbocycles. The van der Waals surface area contributed by atoms with Gasteiger partial charge in [0.15, 0.2) is 0 Å². The van der Waals surface area contributed by atoms with E-state index in [4.69, 9.17) is 0 Å². The maximum absolute atomic E-state index is 12.0. The summed E-state index contributed by atoms with van der Waals surface area (Å²) in [6.45, 7) is 0. The van der Waals surface area contributed by atoms with E-state index < -0.39 is 89.2 Å². The molecular formula is C41H30N8O15S4. The van der Waals surface area contributed by atoms with Crippen molar-refractivity contribution < 1.29 is 67.2 Å². The minimum Gasteiger partial charge on any atom is -0.493 e. The van der Waals surface area contributed by atoms with Gasteiger partial charge in [-0.3, -0.25) is 18.2 Å². The number of hydrogen-bond acceptors (Lipinski definition) is 13. The third-order valence-corrected chi connectivity index (χ3v) is 13.2. The van der Waals surface area contributed by atoms with Crippen molar-refractivity contribution in [3.05, 3.63) is 132 Å². The van der Waals surface area contributed by atoms with Crippen molar-refractivity contribution in [2.75, 3.05) is 5.32 Å².